The lowest BCUT2D eigenvalue weighted by molar-refractivity contribution is -0.809. The second-order valence-electron chi connectivity index (χ2n) is 19.1. The molecule has 2 aromatic heterocycles. The van der Waals surface area contributed by atoms with Gasteiger partial charge in [0, 0.05) is 34.0 Å². The van der Waals surface area contributed by atoms with Gasteiger partial charge in [-0.2, -0.15) is 4.57 Å². The highest BCUT2D eigenvalue weighted by atomic mass is 16.5. The van der Waals surface area contributed by atoms with E-state index >= 15 is 0 Å². The number of quaternary nitrogens is 1. The van der Waals surface area contributed by atoms with Gasteiger partial charge in [0.25, 0.3) is 5.82 Å². The number of hydrogen-bond acceptors (Lipinski definition) is 2. The standard InChI is InChI=1S/C47H47N4O/c1-44(2,3)27-14-12-15-29(24-27)50-36(46(7,8)9)26-48-33-18-13-19-34-38(33)40-41(43(48)50)47(40)39-35(52-34)21-20-31-30-16-10-11-17-32(30)51(42(31)39)37-25-28(45(4,5)6)22-23-49(37)47/h10-26,40-41,43H,1-9H3/q+1/p+1. The molecule has 1 saturated carbocycles. The lowest BCUT2D eigenvalue weighted by Gasteiger charge is -2.37. The third-order valence-corrected chi connectivity index (χ3v) is 13.0. The number of anilines is 1. The van der Waals surface area contributed by atoms with Crippen molar-refractivity contribution in [2.75, 3.05) is 4.90 Å². The third-order valence-electron chi connectivity index (χ3n) is 13.0. The Hall–Kier alpha value is -4.87. The largest absolute Gasteiger partial charge is 0.456 e. The number of rotatable bonds is 1. The van der Waals surface area contributed by atoms with Gasteiger partial charge in [0.1, 0.15) is 28.9 Å². The normalized spacial score (nSPS) is 24.9. The summed E-state index contributed by atoms with van der Waals surface area (Å²) in [5.74, 6) is 3.79. The smallest absolute Gasteiger partial charge is 0.288 e. The molecule has 4 aromatic carbocycles. The zero-order valence-electron chi connectivity index (χ0n) is 31.8. The molecule has 5 aliphatic rings. The predicted molar refractivity (Wildman–Crippen MR) is 209 cm³/mol. The third kappa shape index (κ3) is 3.61. The number of pyridine rings is 1. The van der Waals surface area contributed by atoms with Gasteiger partial charge in [-0.25, -0.2) is 4.57 Å². The maximum absolute atomic E-state index is 7.15. The molecule has 6 heterocycles. The maximum atomic E-state index is 7.15. The first-order chi connectivity index (χ1) is 24.7. The van der Waals surface area contributed by atoms with Crippen LogP contribution in [-0.4, -0.2) is 10.7 Å². The van der Waals surface area contributed by atoms with Crippen molar-refractivity contribution in [3.05, 3.63) is 131 Å². The average Bonchev–Trinajstić information content (AvgIpc) is 3.43. The summed E-state index contributed by atoms with van der Waals surface area (Å²) in [6.07, 6.45) is 5.15. The highest BCUT2D eigenvalue weighted by Crippen LogP contribution is 2.74. The summed E-state index contributed by atoms with van der Waals surface area (Å²) in [5, 5.41) is 2.60. The molecule has 0 radical (unpaired) electrons. The fourth-order valence-electron chi connectivity index (χ4n) is 10.7. The van der Waals surface area contributed by atoms with E-state index in [1.807, 2.05) is 0 Å². The summed E-state index contributed by atoms with van der Waals surface area (Å²) in [7, 11) is 0. The lowest BCUT2D eigenvalue weighted by Crippen LogP contribution is -3.08. The Morgan fingerprint density at radius 1 is 0.712 bits per heavy atom. The van der Waals surface area contributed by atoms with Gasteiger partial charge in [0.15, 0.2) is 17.2 Å². The highest BCUT2D eigenvalue weighted by molar-refractivity contribution is 6.11. The van der Waals surface area contributed by atoms with Crippen LogP contribution in [0, 0.1) is 11.3 Å². The molecule has 5 nitrogen and oxygen atoms in total. The van der Waals surface area contributed by atoms with Gasteiger partial charge in [0.2, 0.25) is 0 Å². The lowest BCUT2D eigenvalue weighted by atomic mass is 9.86. The highest BCUT2D eigenvalue weighted by Gasteiger charge is 2.84. The first kappa shape index (κ1) is 30.7. The Bertz CT molecular complexity index is 2610. The summed E-state index contributed by atoms with van der Waals surface area (Å²) >= 11 is 0. The first-order valence-electron chi connectivity index (χ1n) is 19.1. The molecule has 5 heteroatoms. The fourth-order valence-corrected chi connectivity index (χ4v) is 10.7. The number of fused-ring (bicyclic) bond motifs is 8. The number of ether oxygens (including phenoxy) is 1. The number of aromatic nitrogens is 2. The van der Waals surface area contributed by atoms with Crippen molar-refractivity contribution in [2.45, 2.75) is 90.8 Å². The quantitative estimate of drug-likeness (QED) is 0.175. The number of nitrogens with zero attached hydrogens (tertiary/aromatic N) is 3. The first-order valence-corrected chi connectivity index (χ1v) is 19.1. The minimum atomic E-state index is -0.334. The average molecular weight is 685 g/mol. The second kappa shape index (κ2) is 9.37. The Labute approximate surface area is 306 Å². The molecule has 1 N–H and O–H groups in total. The fraction of sp³-hybridized carbons (Fsp3) is 0.340. The minimum Gasteiger partial charge on any atom is -0.456 e. The van der Waals surface area contributed by atoms with Gasteiger partial charge in [0.05, 0.1) is 34.9 Å². The van der Waals surface area contributed by atoms with Crippen molar-refractivity contribution in [2.24, 2.45) is 11.3 Å². The number of benzene rings is 4. The van der Waals surface area contributed by atoms with E-state index in [9.17, 15) is 0 Å². The van der Waals surface area contributed by atoms with Crippen molar-refractivity contribution in [1.82, 2.24) is 4.57 Å². The van der Waals surface area contributed by atoms with E-state index in [4.69, 9.17) is 4.74 Å². The number of para-hydroxylation sites is 1. The van der Waals surface area contributed by atoms with Gasteiger partial charge in [-0.1, -0.05) is 92.6 Å². The molecule has 0 bridgehead atoms. The number of nitrogens with one attached hydrogen (secondary N) is 1. The SMILES string of the molecule is CC(C)(C)C1=C[NH+]2c3cccc4c3C3C(C2N1c1cccc(C(C)(C)C)c1)C31c2c(ccc3c5ccccc5n(c23)-c2cc(C(C)(C)C)cc[n+]21)O4. The van der Waals surface area contributed by atoms with E-state index < -0.39 is 0 Å². The van der Waals surface area contributed by atoms with E-state index in [1.165, 1.54) is 71.8 Å². The van der Waals surface area contributed by atoms with Crippen molar-refractivity contribution in [3.8, 4) is 17.3 Å². The van der Waals surface area contributed by atoms with E-state index in [-0.39, 0.29) is 39.8 Å². The van der Waals surface area contributed by atoms with Crippen LogP contribution in [0.2, 0.25) is 0 Å². The Kier molecular flexibility index (Phi) is 5.54. The van der Waals surface area contributed by atoms with Crippen LogP contribution in [0.4, 0.5) is 11.4 Å². The molecule has 4 aliphatic heterocycles. The molecule has 6 aromatic rings. The van der Waals surface area contributed by atoms with E-state index in [2.05, 4.69) is 180 Å². The Morgan fingerprint density at radius 3 is 2.23 bits per heavy atom. The van der Waals surface area contributed by atoms with Crippen molar-refractivity contribution >= 4 is 33.2 Å². The van der Waals surface area contributed by atoms with Gasteiger partial charge < -0.3 is 4.74 Å². The van der Waals surface area contributed by atoms with Crippen LogP contribution in [-0.2, 0) is 16.4 Å². The molecule has 0 amide bonds. The zero-order chi connectivity index (χ0) is 35.9. The van der Waals surface area contributed by atoms with Crippen LogP contribution in [0.3, 0.4) is 0 Å². The van der Waals surface area contributed by atoms with Gasteiger partial charge in [-0.15, -0.1) is 0 Å². The second-order valence-corrected chi connectivity index (χ2v) is 19.1. The summed E-state index contributed by atoms with van der Waals surface area (Å²) in [5.41, 5.74) is 11.7. The molecule has 11 rings (SSSR count). The number of hydrogen-bond donors (Lipinski definition) is 1. The Morgan fingerprint density at radius 2 is 1.46 bits per heavy atom. The van der Waals surface area contributed by atoms with E-state index in [0.29, 0.717) is 0 Å². The molecule has 5 unspecified atom stereocenters. The molecule has 1 spiro atoms. The van der Waals surface area contributed by atoms with Crippen LogP contribution < -0.4 is 19.1 Å². The van der Waals surface area contributed by atoms with Crippen LogP contribution in [0.5, 0.6) is 11.5 Å². The monoisotopic (exact) mass is 684 g/mol. The molecule has 1 fully saturated rings. The summed E-state index contributed by atoms with van der Waals surface area (Å²) in [4.78, 5) is 4.18. The zero-order valence-corrected chi connectivity index (χ0v) is 31.8. The van der Waals surface area contributed by atoms with Crippen LogP contribution in [0.15, 0.2) is 109 Å². The van der Waals surface area contributed by atoms with Gasteiger partial charge in [-0.3, -0.25) is 9.80 Å². The Balaban J connectivity index is 1.27. The van der Waals surface area contributed by atoms with Crippen molar-refractivity contribution < 1.29 is 14.2 Å². The molecule has 260 valence electrons. The molecule has 52 heavy (non-hydrogen) atoms. The van der Waals surface area contributed by atoms with Crippen LogP contribution in [0.25, 0.3) is 27.6 Å². The maximum Gasteiger partial charge on any atom is 0.288 e. The van der Waals surface area contributed by atoms with Crippen molar-refractivity contribution in [1.29, 1.82) is 0 Å². The molecular weight excluding hydrogens is 637 g/mol. The predicted octanol–water partition coefficient (Wildman–Crippen LogP) is 9.51. The minimum absolute atomic E-state index is 0.00684. The van der Waals surface area contributed by atoms with Crippen LogP contribution in [0.1, 0.15) is 90.5 Å². The molecule has 0 saturated heterocycles. The van der Waals surface area contributed by atoms with Gasteiger partial charge >= 0.3 is 0 Å². The van der Waals surface area contributed by atoms with Crippen LogP contribution >= 0.6 is 0 Å². The summed E-state index contributed by atoms with van der Waals surface area (Å²) in [6, 6.07) is 34.6. The molecule has 1 aliphatic carbocycles. The molecular formula is C47H48N4O+2. The molecule has 5 atom stereocenters. The van der Waals surface area contributed by atoms with Crippen molar-refractivity contribution in [3.63, 3.8) is 0 Å². The summed E-state index contributed by atoms with van der Waals surface area (Å²) in [6.45, 7) is 21.1. The van der Waals surface area contributed by atoms with E-state index in [0.717, 1.165) is 11.5 Å². The van der Waals surface area contributed by atoms with Gasteiger partial charge in [-0.05, 0) is 70.5 Å². The van der Waals surface area contributed by atoms with E-state index in [1.54, 1.807) is 0 Å². The number of allylic oxidation sites excluding steroid dienone is 1. The summed E-state index contributed by atoms with van der Waals surface area (Å²) < 4.78 is 12.4. The topological polar surface area (TPSA) is 25.7 Å².